The molecule has 0 spiro atoms. The van der Waals surface area contributed by atoms with Crippen molar-refractivity contribution in [1.82, 2.24) is 4.98 Å². The quantitative estimate of drug-likeness (QED) is 0.239. The molecule has 7 nitrogen and oxygen atoms in total. The highest BCUT2D eigenvalue weighted by atomic mass is 32.2. The Balaban J connectivity index is 2.04. The molecule has 0 fully saturated rings. The van der Waals surface area contributed by atoms with Gasteiger partial charge < -0.3 is 15.6 Å². The molecular weight excluding hydrogens is 564 g/mol. The second-order valence-electron chi connectivity index (χ2n) is 10.7. The van der Waals surface area contributed by atoms with Gasteiger partial charge in [-0.2, -0.15) is 13.2 Å². The molecule has 1 unspecified atom stereocenters. The third kappa shape index (κ3) is 7.49. The number of aliphatic hydroxyl groups is 1. The smallest absolute Gasteiger partial charge is 0.422 e. The van der Waals surface area contributed by atoms with Crippen molar-refractivity contribution in [3.8, 4) is 17.0 Å². The van der Waals surface area contributed by atoms with E-state index in [-0.39, 0.29) is 39.5 Å². The summed E-state index contributed by atoms with van der Waals surface area (Å²) in [5, 5.41) is 11.1. The second-order valence-corrected chi connectivity index (χ2v) is 12.8. The van der Waals surface area contributed by atoms with Crippen molar-refractivity contribution < 1.29 is 40.6 Å². The summed E-state index contributed by atoms with van der Waals surface area (Å²) in [5.74, 6) is -1.50. The molecule has 12 heteroatoms. The molecule has 0 saturated heterocycles. The van der Waals surface area contributed by atoms with Crippen LogP contribution in [-0.4, -0.2) is 43.8 Å². The molecule has 1 atom stereocenters. The van der Waals surface area contributed by atoms with Gasteiger partial charge in [0.05, 0.1) is 24.3 Å². The first kappa shape index (κ1) is 32.2. The van der Waals surface area contributed by atoms with Gasteiger partial charge >= 0.3 is 6.18 Å². The molecule has 41 heavy (non-hydrogen) atoms. The number of ether oxygens (including phenoxy) is 1. The SMILES string of the molecule is COc1cc(C(=O)CCC(O)(c2cc(C(C)(C)N)cc(-c3ccc(F)c(C)c3)n2)C(F)(F)F)ccc1CS(C)(=O)=O. The van der Waals surface area contributed by atoms with E-state index >= 15 is 0 Å². The zero-order valence-corrected chi connectivity index (χ0v) is 24.1. The maximum Gasteiger partial charge on any atom is 0.422 e. The van der Waals surface area contributed by atoms with Crippen LogP contribution < -0.4 is 10.5 Å². The number of hydrogen-bond acceptors (Lipinski definition) is 7. The number of rotatable bonds is 10. The number of hydrogen-bond donors (Lipinski definition) is 2. The summed E-state index contributed by atoms with van der Waals surface area (Å²) in [7, 11) is -2.15. The summed E-state index contributed by atoms with van der Waals surface area (Å²) in [4.78, 5) is 17.1. The molecule has 3 aromatic rings. The Morgan fingerprint density at radius 1 is 1.07 bits per heavy atom. The Morgan fingerprint density at radius 2 is 1.73 bits per heavy atom. The summed E-state index contributed by atoms with van der Waals surface area (Å²) < 4.78 is 85.9. The molecule has 1 heterocycles. The summed E-state index contributed by atoms with van der Waals surface area (Å²) in [6.07, 6.45) is -5.99. The van der Waals surface area contributed by atoms with E-state index in [1.807, 2.05) is 0 Å². The number of aromatic nitrogens is 1. The van der Waals surface area contributed by atoms with E-state index in [1.54, 1.807) is 13.8 Å². The number of ketones is 1. The molecule has 0 bridgehead atoms. The maximum atomic E-state index is 14.5. The number of sulfone groups is 1. The first-order valence-electron chi connectivity index (χ1n) is 12.5. The lowest BCUT2D eigenvalue weighted by molar-refractivity contribution is -0.270. The normalized spacial score (nSPS) is 14.0. The van der Waals surface area contributed by atoms with E-state index in [0.29, 0.717) is 5.56 Å². The van der Waals surface area contributed by atoms with Gasteiger partial charge in [0.2, 0.25) is 5.60 Å². The summed E-state index contributed by atoms with van der Waals surface area (Å²) in [5.41, 5.74) is 1.89. The fourth-order valence-corrected chi connectivity index (χ4v) is 5.04. The summed E-state index contributed by atoms with van der Waals surface area (Å²) >= 11 is 0. The fourth-order valence-electron chi connectivity index (χ4n) is 4.24. The lowest BCUT2D eigenvalue weighted by atomic mass is 9.86. The summed E-state index contributed by atoms with van der Waals surface area (Å²) in [6.45, 7) is 4.64. The minimum absolute atomic E-state index is 0.0177. The van der Waals surface area contributed by atoms with Crippen LogP contribution in [0.25, 0.3) is 11.3 Å². The Hall–Kier alpha value is -3.35. The van der Waals surface area contributed by atoms with Gasteiger partial charge in [-0.1, -0.05) is 12.1 Å². The van der Waals surface area contributed by atoms with Crippen LogP contribution in [0, 0.1) is 12.7 Å². The van der Waals surface area contributed by atoms with Crippen LogP contribution in [0.4, 0.5) is 17.6 Å². The minimum atomic E-state index is -5.23. The number of benzene rings is 2. The highest BCUT2D eigenvalue weighted by Gasteiger charge is 2.56. The van der Waals surface area contributed by atoms with Gasteiger partial charge in [-0.25, -0.2) is 17.8 Å². The molecule has 0 amide bonds. The standard InChI is InChI=1S/C29H32F4N2O5S/c1-17-12-18(8-9-22(17)30)23-14-21(27(2,3)34)15-26(35-23)28(37,29(31,32)33)11-10-24(36)19-6-7-20(16-41(5,38)39)25(13-19)40-4/h6-9,12-15,37H,10-11,16,34H2,1-5H3. The van der Waals surface area contributed by atoms with Crippen LogP contribution in [0.3, 0.4) is 0 Å². The number of alkyl halides is 3. The lowest BCUT2D eigenvalue weighted by Crippen LogP contribution is -2.44. The number of halogens is 4. The van der Waals surface area contributed by atoms with Gasteiger partial charge in [-0.05, 0) is 74.7 Å². The molecule has 3 rings (SSSR count). The third-order valence-corrected chi connectivity index (χ3v) is 7.49. The molecule has 0 saturated carbocycles. The molecule has 2 aromatic carbocycles. The van der Waals surface area contributed by atoms with E-state index in [0.717, 1.165) is 18.4 Å². The molecule has 222 valence electrons. The maximum absolute atomic E-state index is 14.5. The van der Waals surface area contributed by atoms with Crippen molar-refractivity contribution in [1.29, 1.82) is 0 Å². The van der Waals surface area contributed by atoms with Gasteiger partial charge in [0, 0.05) is 34.9 Å². The average molecular weight is 597 g/mol. The lowest BCUT2D eigenvalue weighted by Gasteiger charge is -2.32. The van der Waals surface area contributed by atoms with Crippen molar-refractivity contribution in [2.24, 2.45) is 5.73 Å². The number of Topliss-reactive ketones (excluding diaryl/α,β-unsaturated/α-hetero) is 1. The Bertz CT molecular complexity index is 1570. The van der Waals surface area contributed by atoms with Crippen LogP contribution in [0.5, 0.6) is 5.75 Å². The van der Waals surface area contributed by atoms with Gasteiger partial charge in [-0.15, -0.1) is 0 Å². The zero-order valence-electron chi connectivity index (χ0n) is 23.3. The van der Waals surface area contributed by atoms with Crippen molar-refractivity contribution in [2.45, 2.75) is 56.7 Å². The van der Waals surface area contributed by atoms with Crippen molar-refractivity contribution in [3.05, 3.63) is 82.3 Å². The van der Waals surface area contributed by atoms with E-state index in [4.69, 9.17) is 10.5 Å². The zero-order chi connectivity index (χ0) is 31.0. The second kappa shape index (κ2) is 11.5. The van der Waals surface area contributed by atoms with Gasteiger partial charge in [-0.3, -0.25) is 4.79 Å². The average Bonchev–Trinajstić information content (AvgIpc) is 2.86. The van der Waals surface area contributed by atoms with E-state index < -0.39 is 57.3 Å². The highest BCUT2D eigenvalue weighted by molar-refractivity contribution is 7.89. The predicted octanol–water partition coefficient (Wildman–Crippen LogP) is 5.36. The van der Waals surface area contributed by atoms with Crippen LogP contribution in [0.2, 0.25) is 0 Å². The number of nitrogens with two attached hydrogens (primary N) is 1. The Morgan fingerprint density at radius 3 is 2.27 bits per heavy atom. The number of aryl methyl sites for hydroxylation is 1. The number of carbonyl (C=O) groups is 1. The number of methoxy groups -OCH3 is 1. The molecule has 0 aliphatic rings. The monoisotopic (exact) mass is 596 g/mol. The van der Waals surface area contributed by atoms with Crippen LogP contribution in [0.1, 0.15) is 59.4 Å². The van der Waals surface area contributed by atoms with Crippen LogP contribution in [-0.2, 0) is 26.7 Å². The predicted molar refractivity (Wildman–Crippen MR) is 147 cm³/mol. The fraction of sp³-hybridized carbons (Fsp3) is 0.379. The number of nitrogens with zero attached hydrogens (tertiary/aromatic N) is 1. The topological polar surface area (TPSA) is 120 Å². The van der Waals surface area contributed by atoms with Crippen LogP contribution >= 0.6 is 0 Å². The Kier molecular flexibility index (Phi) is 9.02. The summed E-state index contributed by atoms with van der Waals surface area (Å²) in [6, 6.07) is 10.4. The Labute approximate surface area is 236 Å². The van der Waals surface area contributed by atoms with Gasteiger partial charge in [0.15, 0.2) is 15.6 Å². The largest absolute Gasteiger partial charge is 0.496 e. The molecular formula is C29H32F4N2O5S. The number of pyridine rings is 1. The van der Waals surface area contributed by atoms with Crippen molar-refractivity contribution in [2.75, 3.05) is 13.4 Å². The molecule has 0 aliphatic carbocycles. The van der Waals surface area contributed by atoms with Crippen molar-refractivity contribution in [3.63, 3.8) is 0 Å². The first-order chi connectivity index (χ1) is 18.7. The van der Waals surface area contributed by atoms with Crippen LogP contribution in [0.15, 0.2) is 48.5 Å². The first-order valence-corrected chi connectivity index (χ1v) is 14.6. The van der Waals surface area contributed by atoms with Gasteiger partial charge in [0.25, 0.3) is 0 Å². The minimum Gasteiger partial charge on any atom is -0.496 e. The molecule has 0 radical (unpaired) electrons. The van der Waals surface area contributed by atoms with E-state index in [2.05, 4.69) is 4.98 Å². The van der Waals surface area contributed by atoms with E-state index in [1.165, 1.54) is 50.4 Å². The molecule has 1 aromatic heterocycles. The van der Waals surface area contributed by atoms with E-state index in [9.17, 15) is 35.9 Å². The third-order valence-electron chi connectivity index (χ3n) is 6.66. The highest BCUT2D eigenvalue weighted by Crippen LogP contribution is 2.43. The molecule has 0 aliphatic heterocycles. The molecule has 3 N–H and O–H groups in total. The van der Waals surface area contributed by atoms with Gasteiger partial charge in [0.1, 0.15) is 11.6 Å². The number of carbonyl (C=O) groups excluding carboxylic acids is 1. The van der Waals surface area contributed by atoms with Crippen molar-refractivity contribution >= 4 is 15.6 Å².